The number of carbonyl (C=O) groups is 1. The van der Waals surface area contributed by atoms with Crippen molar-refractivity contribution in [3.8, 4) is 5.75 Å². The van der Waals surface area contributed by atoms with Crippen LogP contribution in [0.3, 0.4) is 0 Å². The van der Waals surface area contributed by atoms with E-state index < -0.39 is 11.4 Å². The van der Waals surface area contributed by atoms with Gasteiger partial charge < -0.3 is 15.8 Å². The van der Waals surface area contributed by atoms with Gasteiger partial charge in [-0.3, -0.25) is 4.79 Å². The van der Waals surface area contributed by atoms with E-state index in [2.05, 4.69) is 5.32 Å². The highest BCUT2D eigenvalue weighted by molar-refractivity contribution is 5.98. The maximum atomic E-state index is 13.4. The van der Waals surface area contributed by atoms with Gasteiger partial charge in [0, 0.05) is 11.8 Å². The van der Waals surface area contributed by atoms with Crippen LogP contribution in [0.4, 0.5) is 10.1 Å². The first-order chi connectivity index (χ1) is 8.05. The van der Waals surface area contributed by atoms with E-state index >= 15 is 0 Å². The van der Waals surface area contributed by atoms with E-state index in [0.717, 1.165) is 6.42 Å². The molecule has 1 aromatic rings. The molecule has 0 saturated heterocycles. The molecule has 0 bridgehead atoms. The second-order valence-electron chi connectivity index (χ2n) is 4.31. The lowest BCUT2D eigenvalue weighted by atomic mass is 9.77. The third-order valence-corrected chi connectivity index (χ3v) is 3.11. The molecule has 17 heavy (non-hydrogen) atoms. The summed E-state index contributed by atoms with van der Waals surface area (Å²) in [4.78, 5) is 11.8. The van der Waals surface area contributed by atoms with Crippen molar-refractivity contribution >= 4 is 11.6 Å². The molecule has 2 rings (SSSR count). The Labute approximate surface area is 98.9 Å². The predicted octanol–water partition coefficient (Wildman–Crippen LogP) is 1.65. The number of carbonyl (C=O) groups excluding carboxylic acids is 1. The van der Waals surface area contributed by atoms with Gasteiger partial charge in [0.25, 0.3) is 0 Å². The molecule has 1 amide bonds. The Kier molecular flexibility index (Phi) is 3.02. The number of hydrogen-bond acceptors (Lipinski definition) is 3. The smallest absolute Gasteiger partial charge is 0.244 e. The van der Waals surface area contributed by atoms with Crippen molar-refractivity contribution in [2.45, 2.75) is 24.8 Å². The average Bonchev–Trinajstić information content (AvgIpc) is 2.26. The lowest BCUT2D eigenvalue weighted by Gasteiger charge is -2.36. The van der Waals surface area contributed by atoms with Gasteiger partial charge in [0.15, 0.2) is 11.6 Å². The normalized spacial score (nSPS) is 17.1. The van der Waals surface area contributed by atoms with E-state index in [1.807, 2.05) is 0 Å². The summed E-state index contributed by atoms with van der Waals surface area (Å²) in [5.41, 5.74) is 5.47. The molecule has 3 N–H and O–H groups in total. The van der Waals surface area contributed by atoms with E-state index in [9.17, 15) is 9.18 Å². The SMILES string of the molecule is COc1ccc(NC(=O)C2(N)CCC2)cc1F. The van der Waals surface area contributed by atoms with E-state index in [0.29, 0.717) is 18.5 Å². The van der Waals surface area contributed by atoms with Crippen LogP contribution in [0.2, 0.25) is 0 Å². The third-order valence-electron chi connectivity index (χ3n) is 3.11. The minimum Gasteiger partial charge on any atom is -0.494 e. The van der Waals surface area contributed by atoms with Crippen LogP contribution >= 0.6 is 0 Å². The highest BCUT2D eigenvalue weighted by atomic mass is 19.1. The van der Waals surface area contributed by atoms with Crippen molar-refractivity contribution in [2.75, 3.05) is 12.4 Å². The molecular formula is C12H15FN2O2. The summed E-state index contributed by atoms with van der Waals surface area (Å²) in [7, 11) is 1.39. The van der Waals surface area contributed by atoms with Gasteiger partial charge in [-0.15, -0.1) is 0 Å². The molecule has 0 heterocycles. The molecule has 4 nitrogen and oxygen atoms in total. The van der Waals surface area contributed by atoms with Crippen LogP contribution in [-0.2, 0) is 4.79 Å². The molecule has 0 unspecified atom stereocenters. The summed E-state index contributed by atoms with van der Waals surface area (Å²) < 4.78 is 18.2. The Morgan fingerprint density at radius 3 is 2.71 bits per heavy atom. The van der Waals surface area contributed by atoms with Gasteiger partial charge in [-0.05, 0) is 31.4 Å². The molecule has 0 spiro atoms. The highest BCUT2D eigenvalue weighted by Crippen LogP contribution is 2.30. The topological polar surface area (TPSA) is 64.3 Å². The number of amides is 1. The molecule has 1 aromatic carbocycles. The van der Waals surface area contributed by atoms with Crippen LogP contribution in [0.5, 0.6) is 5.75 Å². The van der Waals surface area contributed by atoms with E-state index in [-0.39, 0.29) is 11.7 Å². The second-order valence-corrected chi connectivity index (χ2v) is 4.31. The first kappa shape index (κ1) is 11.9. The number of halogens is 1. The largest absolute Gasteiger partial charge is 0.494 e. The maximum absolute atomic E-state index is 13.4. The van der Waals surface area contributed by atoms with Crippen LogP contribution in [0.1, 0.15) is 19.3 Å². The van der Waals surface area contributed by atoms with E-state index in [4.69, 9.17) is 10.5 Å². The molecule has 1 aliphatic rings. The van der Waals surface area contributed by atoms with Crippen molar-refractivity contribution in [3.05, 3.63) is 24.0 Å². The van der Waals surface area contributed by atoms with Crippen LogP contribution in [0, 0.1) is 5.82 Å². The van der Waals surface area contributed by atoms with Crippen molar-refractivity contribution in [3.63, 3.8) is 0 Å². The van der Waals surface area contributed by atoms with Gasteiger partial charge >= 0.3 is 0 Å². The molecule has 1 aliphatic carbocycles. The van der Waals surface area contributed by atoms with Crippen molar-refractivity contribution < 1.29 is 13.9 Å². The Bertz CT molecular complexity index is 444. The van der Waals surface area contributed by atoms with Crippen LogP contribution in [0.15, 0.2) is 18.2 Å². The number of methoxy groups -OCH3 is 1. The zero-order valence-electron chi connectivity index (χ0n) is 9.63. The number of anilines is 1. The van der Waals surface area contributed by atoms with Gasteiger partial charge in [0.05, 0.1) is 12.6 Å². The van der Waals surface area contributed by atoms with Gasteiger partial charge in [-0.25, -0.2) is 4.39 Å². The molecule has 1 fully saturated rings. The van der Waals surface area contributed by atoms with Gasteiger partial charge in [-0.2, -0.15) is 0 Å². The Morgan fingerprint density at radius 1 is 1.53 bits per heavy atom. The number of hydrogen-bond donors (Lipinski definition) is 2. The summed E-state index contributed by atoms with van der Waals surface area (Å²) in [6, 6.07) is 4.27. The predicted molar refractivity (Wildman–Crippen MR) is 62.4 cm³/mol. The Hall–Kier alpha value is -1.62. The lowest BCUT2D eigenvalue weighted by molar-refractivity contribution is -0.123. The van der Waals surface area contributed by atoms with Gasteiger partial charge in [0.1, 0.15) is 0 Å². The monoisotopic (exact) mass is 238 g/mol. The molecule has 0 aromatic heterocycles. The molecule has 1 saturated carbocycles. The first-order valence-corrected chi connectivity index (χ1v) is 5.49. The molecule has 92 valence electrons. The fourth-order valence-electron chi connectivity index (χ4n) is 1.78. The van der Waals surface area contributed by atoms with Crippen molar-refractivity contribution in [2.24, 2.45) is 5.73 Å². The summed E-state index contributed by atoms with van der Waals surface area (Å²) >= 11 is 0. The quantitative estimate of drug-likeness (QED) is 0.841. The van der Waals surface area contributed by atoms with Gasteiger partial charge in [-0.1, -0.05) is 0 Å². The number of benzene rings is 1. The minimum atomic E-state index is -0.781. The Morgan fingerprint density at radius 2 is 2.24 bits per heavy atom. The van der Waals surface area contributed by atoms with Crippen LogP contribution in [-0.4, -0.2) is 18.6 Å². The van der Waals surface area contributed by atoms with E-state index in [1.165, 1.54) is 19.2 Å². The van der Waals surface area contributed by atoms with E-state index in [1.54, 1.807) is 6.07 Å². The molecule has 0 radical (unpaired) electrons. The lowest BCUT2D eigenvalue weighted by Crippen LogP contribution is -2.56. The highest BCUT2D eigenvalue weighted by Gasteiger charge is 2.40. The van der Waals surface area contributed by atoms with Gasteiger partial charge in [0.2, 0.25) is 5.91 Å². The zero-order valence-corrected chi connectivity index (χ0v) is 9.63. The first-order valence-electron chi connectivity index (χ1n) is 5.49. The fourth-order valence-corrected chi connectivity index (χ4v) is 1.78. The molecule has 0 aliphatic heterocycles. The zero-order chi connectivity index (χ0) is 12.5. The molecule has 0 atom stereocenters. The maximum Gasteiger partial charge on any atom is 0.244 e. The third kappa shape index (κ3) is 2.24. The number of nitrogens with two attached hydrogens (primary N) is 1. The molecule has 5 heteroatoms. The molecular weight excluding hydrogens is 223 g/mol. The van der Waals surface area contributed by atoms with Crippen LogP contribution < -0.4 is 15.8 Å². The van der Waals surface area contributed by atoms with Crippen molar-refractivity contribution in [1.82, 2.24) is 0 Å². The summed E-state index contributed by atoms with van der Waals surface area (Å²) in [5.74, 6) is -0.618. The number of rotatable bonds is 3. The summed E-state index contributed by atoms with van der Waals surface area (Å²) in [6.07, 6.45) is 2.32. The fraction of sp³-hybridized carbons (Fsp3) is 0.417. The second kappa shape index (κ2) is 4.33. The number of nitrogens with one attached hydrogen (secondary N) is 1. The number of ether oxygens (including phenoxy) is 1. The van der Waals surface area contributed by atoms with Crippen LogP contribution in [0.25, 0.3) is 0 Å². The average molecular weight is 238 g/mol. The summed E-state index contributed by atoms with van der Waals surface area (Å²) in [5, 5.41) is 2.62. The Balaban J connectivity index is 2.08. The summed E-state index contributed by atoms with van der Waals surface area (Å²) in [6.45, 7) is 0. The minimum absolute atomic E-state index is 0.147. The standard InChI is InChI=1S/C12H15FN2O2/c1-17-10-4-3-8(7-9(10)13)15-11(16)12(14)5-2-6-12/h3-4,7H,2,5-6,14H2,1H3,(H,15,16). The van der Waals surface area contributed by atoms with Crippen molar-refractivity contribution in [1.29, 1.82) is 0 Å².